The summed E-state index contributed by atoms with van der Waals surface area (Å²) in [4.78, 5) is 26.8. The van der Waals surface area contributed by atoms with E-state index in [4.69, 9.17) is 11.6 Å². The average molecular weight is 330 g/mol. The number of nitro groups is 1. The second-order valence-electron chi connectivity index (χ2n) is 4.98. The maximum absolute atomic E-state index is 11.9. The molecule has 0 aliphatic rings. The summed E-state index contributed by atoms with van der Waals surface area (Å²) in [6.07, 6.45) is 0.318. The van der Waals surface area contributed by atoms with E-state index in [0.717, 1.165) is 0 Å². The lowest BCUT2D eigenvalue weighted by Crippen LogP contribution is -2.10. The average Bonchev–Trinajstić information content (AvgIpc) is 2.54. The number of fused-ring (bicyclic) bond motifs is 2. The first-order chi connectivity index (χ1) is 11.0. The van der Waals surface area contributed by atoms with Crippen molar-refractivity contribution in [3.63, 3.8) is 0 Å². The molecule has 1 amide bonds. The molecule has 3 rings (SSSR count). The second kappa shape index (κ2) is 5.81. The zero-order valence-corrected chi connectivity index (χ0v) is 12.9. The molecule has 116 valence electrons. The lowest BCUT2D eigenvalue weighted by molar-refractivity contribution is -0.384. The minimum atomic E-state index is -0.484. The highest BCUT2D eigenvalue weighted by molar-refractivity contribution is 6.36. The van der Waals surface area contributed by atoms with Crippen molar-refractivity contribution in [2.45, 2.75) is 13.3 Å². The first-order valence-electron chi connectivity index (χ1n) is 6.97. The van der Waals surface area contributed by atoms with Crippen LogP contribution in [0.25, 0.3) is 21.8 Å². The van der Waals surface area contributed by atoms with Crippen LogP contribution >= 0.6 is 11.6 Å². The van der Waals surface area contributed by atoms with E-state index in [2.05, 4.69) is 10.3 Å². The molecule has 0 aliphatic carbocycles. The summed E-state index contributed by atoms with van der Waals surface area (Å²) >= 11 is 6.19. The van der Waals surface area contributed by atoms with E-state index in [-0.39, 0.29) is 11.6 Å². The van der Waals surface area contributed by atoms with Gasteiger partial charge in [0.05, 0.1) is 26.7 Å². The standard InChI is InChI=1S/C16H12ClN3O3/c1-2-14(21)19-15-10-7-6-9(20(22)23)8-13(10)18-16-11(15)4-3-5-12(16)17/h3-8H,2H2,1H3,(H,18,19,21). The Labute approximate surface area is 136 Å². The van der Waals surface area contributed by atoms with Crippen molar-refractivity contribution >= 4 is 50.7 Å². The van der Waals surface area contributed by atoms with E-state index in [9.17, 15) is 14.9 Å². The predicted molar refractivity (Wildman–Crippen MR) is 89.8 cm³/mol. The quantitative estimate of drug-likeness (QED) is 0.441. The van der Waals surface area contributed by atoms with Crippen LogP contribution in [0, 0.1) is 10.1 Å². The number of rotatable bonds is 3. The van der Waals surface area contributed by atoms with Gasteiger partial charge in [-0.05, 0) is 12.1 Å². The summed E-state index contributed by atoms with van der Waals surface area (Å²) in [5, 5.41) is 15.6. The zero-order valence-electron chi connectivity index (χ0n) is 12.2. The van der Waals surface area contributed by atoms with Gasteiger partial charge in [-0.15, -0.1) is 0 Å². The minimum Gasteiger partial charge on any atom is -0.325 e. The third kappa shape index (κ3) is 2.68. The van der Waals surface area contributed by atoms with Gasteiger partial charge in [-0.25, -0.2) is 4.98 Å². The topological polar surface area (TPSA) is 85.1 Å². The van der Waals surface area contributed by atoms with Crippen LogP contribution in [0.3, 0.4) is 0 Å². The molecule has 1 aromatic heterocycles. The summed E-state index contributed by atoms with van der Waals surface area (Å²) < 4.78 is 0. The molecule has 0 saturated heterocycles. The molecule has 0 spiro atoms. The van der Waals surface area contributed by atoms with Gasteiger partial charge >= 0.3 is 0 Å². The van der Waals surface area contributed by atoms with Gasteiger partial charge in [0.15, 0.2) is 0 Å². The molecule has 3 aromatic rings. The highest BCUT2D eigenvalue weighted by atomic mass is 35.5. The number of para-hydroxylation sites is 1. The van der Waals surface area contributed by atoms with Crippen molar-refractivity contribution in [3.8, 4) is 0 Å². The third-order valence-electron chi connectivity index (χ3n) is 3.54. The highest BCUT2D eigenvalue weighted by Crippen LogP contribution is 2.35. The molecule has 0 fully saturated rings. The third-order valence-corrected chi connectivity index (χ3v) is 3.84. The fourth-order valence-electron chi connectivity index (χ4n) is 2.40. The van der Waals surface area contributed by atoms with Crippen LogP contribution in [0.15, 0.2) is 36.4 Å². The van der Waals surface area contributed by atoms with E-state index < -0.39 is 4.92 Å². The van der Waals surface area contributed by atoms with Crippen LogP contribution < -0.4 is 5.32 Å². The molecule has 1 heterocycles. The molecule has 0 bridgehead atoms. The van der Waals surface area contributed by atoms with E-state index in [0.29, 0.717) is 38.9 Å². The molecule has 1 N–H and O–H groups in total. The Balaban J connectivity index is 2.39. The molecular weight excluding hydrogens is 318 g/mol. The number of pyridine rings is 1. The number of non-ortho nitro benzene ring substituents is 1. The molecule has 23 heavy (non-hydrogen) atoms. The number of hydrogen-bond acceptors (Lipinski definition) is 4. The largest absolute Gasteiger partial charge is 0.325 e. The lowest BCUT2D eigenvalue weighted by atomic mass is 10.1. The number of anilines is 1. The molecule has 0 atom stereocenters. The number of aromatic nitrogens is 1. The van der Waals surface area contributed by atoms with Crippen LogP contribution in [0.2, 0.25) is 5.02 Å². The smallest absolute Gasteiger partial charge is 0.271 e. The van der Waals surface area contributed by atoms with E-state index in [1.807, 2.05) is 0 Å². The molecule has 7 heteroatoms. The van der Waals surface area contributed by atoms with Gasteiger partial charge in [0.1, 0.15) is 0 Å². The maximum Gasteiger partial charge on any atom is 0.271 e. The van der Waals surface area contributed by atoms with Crippen molar-refractivity contribution in [1.82, 2.24) is 4.98 Å². The number of hydrogen-bond donors (Lipinski definition) is 1. The monoisotopic (exact) mass is 329 g/mol. The number of benzene rings is 2. The van der Waals surface area contributed by atoms with Gasteiger partial charge in [0.25, 0.3) is 5.69 Å². The van der Waals surface area contributed by atoms with Gasteiger partial charge in [-0.3, -0.25) is 14.9 Å². The Morgan fingerprint density at radius 2 is 2.09 bits per heavy atom. The maximum atomic E-state index is 11.9. The van der Waals surface area contributed by atoms with Gasteiger partial charge in [-0.1, -0.05) is 30.7 Å². The Bertz CT molecular complexity index is 956. The van der Waals surface area contributed by atoms with E-state index in [1.54, 1.807) is 31.2 Å². The number of amides is 1. The Kier molecular flexibility index (Phi) is 3.83. The van der Waals surface area contributed by atoms with Gasteiger partial charge in [-0.2, -0.15) is 0 Å². The zero-order chi connectivity index (χ0) is 16.6. The number of nitro benzene ring substituents is 1. The second-order valence-corrected chi connectivity index (χ2v) is 5.39. The number of carbonyl (C=O) groups is 1. The van der Waals surface area contributed by atoms with Crippen LogP contribution in [0.5, 0.6) is 0 Å². The summed E-state index contributed by atoms with van der Waals surface area (Å²) in [5.41, 5.74) is 1.40. The van der Waals surface area contributed by atoms with Crippen LogP contribution in [0.1, 0.15) is 13.3 Å². The SMILES string of the molecule is CCC(=O)Nc1c2ccc([N+](=O)[O-])cc2nc2c(Cl)cccc12. The molecule has 0 radical (unpaired) electrons. The number of carbonyl (C=O) groups excluding carboxylic acids is 1. The predicted octanol–water partition coefficient (Wildman–Crippen LogP) is 4.30. The van der Waals surface area contributed by atoms with Crippen molar-refractivity contribution < 1.29 is 9.72 Å². The molecule has 6 nitrogen and oxygen atoms in total. The number of nitrogens with zero attached hydrogens (tertiary/aromatic N) is 2. The van der Waals surface area contributed by atoms with Crippen molar-refractivity contribution in [1.29, 1.82) is 0 Å². The van der Waals surface area contributed by atoms with E-state index >= 15 is 0 Å². The molecular formula is C16H12ClN3O3. The minimum absolute atomic E-state index is 0.0656. The number of halogens is 1. The highest BCUT2D eigenvalue weighted by Gasteiger charge is 2.15. The molecule has 2 aromatic carbocycles. The molecule has 0 unspecified atom stereocenters. The summed E-state index contributed by atoms with van der Waals surface area (Å²) in [5.74, 6) is -0.155. The lowest BCUT2D eigenvalue weighted by Gasteiger charge is -2.12. The summed E-state index contributed by atoms with van der Waals surface area (Å²) in [6.45, 7) is 1.75. The van der Waals surface area contributed by atoms with Crippen molar-refractivity contribution in [2.75, 3.05) is 5.32 Å². The summed E-state index contributed by atoms with van der Waals surface area (Å²) in [7, 11) is 0. The Hall–Kier alpha value is -2.73. The van der Waals surface area contributed by atoms with Gasteiger partial charge in [0.2, 0.25) is 5.91 Å². The van der Waals surface area contributed by atoms with Crippen molar-refractivity contribution in [2.24, 2.45) is 0 Å². The van der Waals surface area contributed by atoms with Crippen LogP contribution in [-0.4, -0.2) is 15.8 Å². The summed E-state index contributed by atoms with van der Waals surface area (Å²) in [6, 6.07) is 9.62. The normalized spacial score (nSPS) is 10.9. The first kappa shape index (κ1) is 15.2. The van der Waals surface area contributed by atoms with Crippen molar-refractivity contribution in [3.05, 3.63) is 51.5 Å². The first-order valence-corrected chi connectivity index (χ1v) is 7.35. The number of nitrogens with one attached hydrogen (secondary N) is 1. The van der Waals surface area contributed by atoms with Crippen LogP contribution in [-0.2, 0) is 4.79 Å². The molecule has 0 saturated carbocycles. The molecule has 0 aliphatic heterocycles. The van der Waals surface area contributed by atoms with Crippen LogP contribution in [0.4, 0.5) is 11.4 Å². The van der Waals surface area contributed by atoms with Gasteiger partial charge in [0, 0.05) is 29.3 Å². The Morgan fingerprint density at radius 3 is 2.78 bits per heavy atom. The van der Waals surface area contributed by atoms with E-state index in [1.165, 1.54) is 12.1 Å². The fourth-order valence-corrected chi connectivity index (χ4v) is 2.61. The fraction of sp³-hybridized carbons (Fsp3) is 0.125. The van der Waals surface area contributed by atoms with Gasteiger partial charge < -0.3 is 5.32 Å². The Morgan fingerprint density at radius 1 is 1.30 bits per heavy atom.